The minimum Gasteiger partial charge on any atom is -0.366 e. The summed E-state index contributed by atoms with van der Waals surface area (Å²) in [6.07, 6.45) is 7.41. The molecule has 6 rings (SSSR count). The molecule has 0 radical (unpaired) electrons. The average molecular weight is 426 g/mol. The number of benzene rings is 1. The molecule has 2 aliphatic rings. The predicted molar refractivity (Wildman–Crippen MR) is 127 cm³/mol. The monoisotopic (exact) mass is 425 g/mol. The van der Waals surface area contributed by atoms with Gasteiger partial charge in [0, 0.05) is 42.5 Å². The molecule has 162 valence electrons. The van der Waals surface area contributed by atoms with Gasteiger partial charge in [0.25, 0.3) is 0 Å². The van der Waals surface area contributed by atoms with Crippen LogP contribution in [-0.2, 0) is 6.54 Å². The van der Waals surface area contributed by atoms with E-state index in [0.717, 1.165) is 48.1 Å². The second-order valence-corrected chi connectivity index (χ2v) is 8.74. The van der Waals surface area contributed by atoms with Crippen LogP contribution in [0.5, 0.6) is 0 Å². The number of nitrogens with one attached hydrogen (secondary N) is 3. The summed E-state index contributed by atoms with van der Waals surface area (Å²) < 4.78 is 1.95. The summed E-state index contributed by atoms with van der Waals surface area (Å²) in [5.41, 5.74) is 5.55. The minimum absolute atomic E-state index is 0.421. The van der Waals surface area contributed by atoms with Crippen molar-refractivity contribution in [2.75, 3.05) is 23.7 Å². The van der Waals surface area contributed by atoms with Crippen molar-refractivity contribution >= 4 is 17.3 Å². The van der Waals surface area contributed by atoms with Gasteiger partial charge in [-0.2, -0.15) is 9.61 Å². The van der Waals surface area contributed by atoms with Gasteiger partial charge in [0.2, 0.25) is 0 Å². The van der Waals surface area contributed by atoms with Crippen LogP contribution in [0.15, 0.2) is 60.9 Å². The van der Waals surface area contributed by atoms with Crippen LogP contribution in [0, 0.1) is 0 Å². The van der Waals surface area contributed by atoms with Gasteiger partial charge in [0.1, 0.15) is 11.6 Å². The molecule has 1 saturated carbocycles. The van der Waals surface area contributed by atoms with E-state index in [0.29, 0.717) is 18.5 Å². The van der Waals surface area contributed by atoms with E-state index in [4.69, 9.17) is 4.98 Å². The fourth-order valence-electron chi connectivity index (χ4n) is 4.37. The van der Waals surface area contributed by atoms with Crippen molar-refractivity contribution in [2.45, 2.75) is 37.8 Å². The lowest BCUT2D eigenvalue weighted by atomic mass is 10.1. The first-order valence-electron chi connectivity index (χ1n) is 11.4. The molecule has 1 atom stereocenters. The van der Waals surface area contributed by atoms with Crippen LogP contribution in [-0.4, -0.2) is 38.7 Å². The Bertz CT molecular complexity index is 1210. The van der Waals surface area contributed by atoms with Gasteiger partial charge in [0.05, 0.1) is 11.9 Å². The third-order valence-corrected chi connectivity index (χ3v) is 6.32. The third-order valence-electron chi connectivity index (χ3n) is 6.32. The summed E-state index contributed by atoms with van der Waals surface area (Å²) in [6, 6.07) is 17.0. The topological polar surface area (TPSA) is 79.2 Å². The molecular formula is C25H27N7. The first-order chi connectivity index (χ1) is 15.8. The van der Waals surface area contributed by atoms with Gasteiger partial charge in [-0.15, -0.1) is 0 Å². The number of fused-ring (bicyclic) bond motifs is 1. The first kappa shape index (κ1) is 19.3. The maximum atomic E-state index is 4.94. The molecule has 7 heteroatoms. The number of aromatic nitrogens is 4. The van der Waals surface area contributed by atoms with Crippen molar-refractivity contribution in [3.63, 3.8) is 0 Å². The Morgan fingerprint density at radius 3 is 2.72 bits per heavy atom. The van der Waals surface area contributed by atoms with E-state index in [1.165, 1.54) is 24.0 Å². The third kappa shape index (κ3) is 3.91. The zero-order valence-corrected chi connectivity index (χ0v) is 18.0. The molecule has 0 bridgehead atoms. The van der Waals surface area contributed by atoms with Crippen LogP contribution in [0.4, 0.5) is 11.6 Å². The maximum Gasteiger partial charge on any atom is 0.163 e. The number of hydrogen-bond acceptors (Lipinski definition) is 6. The molecule has 1 aliphatic heterocycles. The van der Waals surface area contributed by atoms with E-state index >= 15 is 0 Å². The largest absolute Gasteiger partial charge is 0.366 e. The molecular weight excluding hydrogens is 398 g/mol. The van der Waals surface area contributed by atoms with E-state index in [1.807, 2.05) is 35.1 Å². The number of nitrogens with zero attached hydrogens (tertiary/aromatic N) is 4. The normalized spacial score (nSPS) is 18.2. The lowest BCUT2D eigenvalue weighted by Gasteiger charge is -2.15. The van der Waals surface area contributed by atoms with Crippen molar-refractivity contribution in [2.24, 2.45) is 0 Å². The van der Waals surface area contributed by atoms with Crippen molar-refractivity contribution in [1.82, 2.24) is 24.9 Å². The van der Waals surface area contributed by atoms with E-state index < -0.39 is 0 Å². The molecule has 7 nitrogen and oxygen atoms in total. The van der Waals surface area contributed by atoms with Crippen LogP contribution >= 0.6 is 0 Å². The number of pyridine rings is 1. The van der Waals surface area contributed by atoms with Crippen molar-refractivity contribution in [1.29, 1.82) is 0 Å². The van der Waals surface area contributed by atoms with Crippen molar-refractivity contribution in [3.8, 4) is 11.3 Å². The lowest BCUT2D eigenvalue weighted by molar-refractivity contribution is 0.786. The molecule has 1 aromatic carbocycles. The molecule has 1 saturated heterocycles. The molecule has 4 aromatic rings. The molecule has 3 N–H and O–H groups in total. The van der Waals surface area contributed by atoms with E-state index in [1.54, 1.807) is 0 Å². The van der Waals surface area contributed by atoms with Crippen molar-refractivity contribution in [3.05, 3.63) is 72.1 Å². The highest BCUT2D eigenvalue weighted by Crippen LogP contribution is 2.42. The molecule has 0 unspecified atom stereocenters. The Morgan fingerprint density at radius 2 is 1.97 bits per heavy atom. The second-order valence-electron chi connectivity index (χ2n) is 8.74. The lowest BCUT2D eigenvalue weighted by Crippen LogP contribution is -2.23. The van der Waals surface area contributed by atoms with E-state index in [2.05, 4.69) is 56.4 Å². The fourth-order valence-corrected chi connectivity index (χ4v) is 4.37. The standard InChI is InChI=1S/C25H27N7/c1-2-11-27-22(3-1)19-6-4-17(5-7-19)14-28-24-13-23(30-20-10-12-26-15-20)31-25-21(18-8-9-18)16-29-32(24)25/h1-7,11,13,16,18,20,26,28H,8-10,12,14-15H2,(H,30,31)/t20-/m0/s1. The Labute approximate surface area is 187 Å². The van der Waals surface area contributed by atoms with Gasteiger partial charge in [-0.05, 0) is 49.4 Å². The summed E-state index contributed by atoms with van der Waals surface area (Å²) >= 11 is 0. The Balaban J connectivity index is 1.25. The second kappa shape index (κ2) is 8.24. The molecule has 4 heterocycles. The van der Waals surface area contributed by atoms with Gasteiger partial charge >= 0.3 is 0 Å². The molecule has 3 aromatic heterocycles. The van der Waals surface area contributed by atoms with Gasteiger partial charge in [-0.1, -0.05) is 30.3 Å². The Kier molecular flexibility index (Phi) is 4.96. The van der Waals surface area contributed by atoms with Crippen LogP contribution in [0.3, 0.4) is 0 Å². The molecule has 0 spiro atoms. The SMILES string of the molecule is c1ccc(-c2ccc(CNc3cc(N[C@H]4CCNC4)nc4c(C5CC5)cnn34)cc2)nc1. The highest BCUT2D eigenvalue weighted by Gasteiger charge is 2.28. The first-order valence-corrected chi connectivity index (χ1v) is 11.4. The summed E-state index contributed by atoms with van der Waals surface area (Å²) in [6.45, 7) is 2.75. The molecule has 2 fully saturated rings. The average Bonchev–Trinajstić information content (AvgIpc) is 3.38. The zero-order chi connectivity index (χ0) is 21.3. The van der Waals surface area contributed by atoms with Crippen molar-refractivity contribution < 1.29 is 0 Å². The number of anilines is 2. The summed E-state index contributed by atoms with van der Waals surface area (Å²) in [7, 11) is 0. The number of hydrogen-bond donors (Lipinski definition) is 3. The van der Waals surface area contributed by atoms with Gasteiger partial charge in [-0.25, -0.2) is 4.98 Å². The maximum absolute atomic E-state index is 4.94. The predicted octanol–water partition coefficient (Wildman–Crippen LogP) is 4.05. The Morgan fingerprint density at radius 1 is 1.06 bits per heavy atom. The summed E-state index contributed by atoms with van der Waals surface area (Å²) in [5.74, 6) is 2.49. The summed E-state index contributed by atoms with van der Waals surface area (Å²) in [5, 5.41) is 15.3. The van der Waals surface area contributed by atoms with Gasteiger partial charge < -0.3 is 16.0 Å². The molecule has 1 aliphatic carbocycles. The smallest absolute Gasteiger partial charge is 0.163 e. The molecule has 0 amide bonds. The van der Waals surface area contributed by atoms with E-state index in [9.17, 15) is 0 Å². The van der Waals surface area contributed by atoms with Crippen LogP contribution in [0.25, 0.3) is 16.9 Å². The summed E-state index contributed by atoms with van der Waals surface area (Å²) in [4.78, 5) is 9.37. The fraction of sp³-hybridized carbons (Fsp3) is 0.320. The minimum atomic E-state index is 0.421. The highest BCUT2D eigenvalue weighted by molar-refractivity contribution is 5.62. The van der Waals surface area contributed by atoms with Gasteiger partial charge in [-0.3, -0.25) is 4.98 Å². The van der Waals surface area contributed by atoms with Crippen LogP contribution in [0.1, 0.15) is 36.3 Å². The van der Waals surface area contributed by atoms with Crippen LogP contribution in [0.2, 0.25) is 0 Å². The van der Waals surface area contributed by atoms with Gasteiger partial charge in [0.15, 0.2) is 5.65 Å². The molecule has 32 heavy (non-hydrogen) atoms. The highest BCUT2D eigenvalue weighted by atomic mass is 15.3. The Hall–Kier alpha value is -3.45. The quantitative estimate of drug-likeness (QED) is 0.415. The van der Waals surface area contributed by atoms with E-state index in [-0.39, 0.29) is 0 Å². The number of rotatable bonds is 7. The van der Waals surface area contributed by atoms with Crippen LogP contribution < -0.4 is 16.0 Å². The zero-order valence-electron chi connectivity index (χ0n) is 18.0.